The number of hydrogen-bond donors (Lipinski definition) is 0. The van der Waals surface area contributed by atoms with Gasteiger partial charge in [-0.2, -0.15) is 0 Å². The van der Waals surface area contributed by atoms with Crippen molar-refractivity contribution >= 4 is 21.5 Å². The van der Waals surface area contributed by atoms with Crippen LogP contribution in [-0.2, 0) is 16.2 Å². The molecule has 0 aromatic heterocycles. The molecule has 0 atom stereocenters. The van der Waals surface area contributed by atoms with E-state index in [1.165, 1.54) is 127 Å². The van der Waals surface area contributed by atoms with Crippen molar-refractivity contribution in [1.82, 2.24) is 0 Å². The molecular weight excluding hydrogens is 697 g/mol. The highest BCUT2D eigenvalue weighted by atomic mass is 14.4. The number of rotatable bonds is 3. The average molecular weight is 751 g/mol. The van der Waals surface area contributed by atoms with Crippen molar-refractivity contribution in [2.75, 3.05) is 0 Å². The number of hydrogen-bond acceptors (Lipinski definition) is 0. The Bertz CT molecular complexity index is 3060. The molecular formula is C58H54. The van der Waals surface area contributed by atoms with Crippen molar-refractivity contribution in [3.63, 3.8) is 0 Å². The van der Waals surface area contributed by atoms with Crippen molar-refractivity contribution < 1.29 is 0 Å². The molecule has 2 aliphatic carbocycles. The van der Waals surface area contributed by atoms with Crippen molar-refractivity contribution in [3.8, 4) is 55.6 Å². The van der Waals surface area contributed by atoms with Gasteiger partial charge >= 0.3 is 0 Å². The van der Waals surface area contributed by atoms with Gasteiger partial charge in [0.25, 0.3) is 0 Å². The molecule has 0 heterocycles. The minimum atomic E-state index is -0.119. The molecule has 0 bridgehead atoms. The summed E-state index contributed by atoms with van der Waals surface area (Å²) in [5, 5.41) is 5.11. The Morgan fingerprint density at radius 1 is 0.345 bits per heavy atom. The summed E-state index contributed by atoms with van der Waals surface area (Å²) in [5.41, 5.74) is 26.1. The SMILES string of the molecule is Cc1c(C)c(C)c2c(c1C)-c1ccc(-c3ccc4c(c3)C(C)(C)c3cc(-c5ccc6cc(-c7ccc8cc(C(C)(C)C)ccc8c7)ccc6c5)ccc3-4)cc1C2(C)C. The van der Waals surface area contributed by atoms with Crippen LogP contribution in [0.3, 0.4) is 0 Å². The maximum atomic E-state index is 2.49. The van der Waals surface area contributed by atoms with E-state index in [0.29, 0.717) is 0 Å². The molecule has 58 heavy (non-hydrogen) atoms. The standard InChI is InChI=1S/C58H54/c1-33-34(2)36(4)55-54(35(33)3)50-25-21-46(32-53(50)58(55,10)11)45-20-24-49-48-23-19-44(30-51(48)57(8,9)52(49)31-45)41-15-14-38-26-37(12-13-39(38)27-41)40-16-17-43-29-47(56(5,6)7)22-18-42(43)28-40/h12-32H,1-11H3. The molecule has 0 N–H and O–H groups in total. The fraction of sp³-hybridized carbons (Fsp3) is 0.241. The molecule has 8 aromatic rings. The zero-order chi connectivity index (χ0) is 40.6. The van der Waals surface area contributed by atoms with E-state index in [9.17, 15) is 0 Å². The molecule has 0 nitrogen and oxygen atoms in total. The summed E-state index contributed by atoms with van der Waals surface area (Å²) in [6.07, 6.45) is 0. The zero-order valence-electron chi connectivity index (χ0n) is 36.1. The third kappa shape index (κ3) is 5.34. The summed E-state index contributed by atoms with van der Waals surface area (Å²) in [6.45, 7) is 25.7. The van der Waals surface area contributed by atoms with Crippen LogP contribution < -0.4 is 0 Å². The second-order valence-electron chi connectivity index (χ2n) is 19.6. The topological polar surface area (TPSA) is 0 Å². The van der Waals surface area contributed by atoms with Gasteiger partial charge in [-0.05, 0) is 197 Å². The first kappa shape index (κ1) is 36.6. The van der Waals surface area contributed by atoms with Crippen LogP contribution in [0, 0.1) is 27.7 Å². The lowest BCUT2D eigenvalue weighted by Crippen LogP contribution is -2.17. The summed E-state index contributed by atoms with van der Waals surface area (Å²) in [7, 11) is 0. The van der Waals surface area contributed by atoms with Crippen LogP contribution in [0.25, 0.3) is 77.2 Å². The van der Waals surface area contributed by atoms with Crippen LogP contribution in [0.2, 0.25) is 0 Å². The van der Waals surface area contributed by atoms with Gasteiger partial charge < -0.3 is 0 Å². The van der Waals surface area contributed by atoms with E-state index in [2.05, 4.69) is 204 Å². The van der Waals surface area contributed by atoms with E-state index in [1.807, 2.05) is 0 Å². The Hall–Kier alpha value is -5.72. The fourth-order valence-electron chi connectivity index (χ4n) is 10.6. The maximum absolute atomic E-state index is 2.49. The first-order chi connectivity index (χ1) is 27.5. The molecule has 0 aliphatic heterocycles. The monoisotopic (exact) mass is 750 g/mol. The van der Waals surface area contributed by atoms with Gasteiger partial charge in [0.15, 0.2) is 0 Å². The van der Waals surface area contributed by atoms with E-state index < -0.39 is 0 Å². The van der Waals surface area contributed by atoms with Crippen LogP contribution in [0.4, 0.5) is 0 Å². The van der Waals surface area contributed by atoms with Crippen molar-refractivity contribution in [2.45, 2.75) is 92.4 Å². The molecule has 0 fully saturated rings. The van der Waals surface area contributed by atoms with Gasteiger partial charge in [0.2, 0.25) is 0 Å². The summed E-state index contributed by atoms with van der Waals surface area (Å²) >= 11 is 0. The highest BCUT2D eigenvalue weighted by Crippen LogP contribution is 2.55. The second-order valence-corrected chi connectivity index (χ2v) is 19.6. The van der Waals surface area contributed by atoms with Crippen molar-refractivity contribution in [1.29, 1.82) is 0 Å². The first-order valence-corrected chi connectivity index (χ1v) is 21.2. The Balaban J connectivity index is 0.954. The van der Waals surface area contributed by atoms with Crippen molar-refractivity contribution in [3.05, 3.63) is 177 Å². The maximum Gasteiger partial charge on any atom is 0.0161 e. The summed E-state index contributed by atoms with van der Waals surface area (Å²) in [4.78, 5) is 0. The quantitative estimate of drug-likeness (QED) is 0.169. The molecule has 286 valence electrons. The molecule has 0 radical (unpaired) electrons. The van der Waals surface area contributed by atoms with Gasteiger partial charge in [-0.25, -0.2) is 0 Å². The smallest absolute Gasteiger partial charge is 0.0161 e. The first-order valence-electron chi connectivity index (χ1n) is 21.2. The summed E-state index contributed by atoms with van der Waals surface area (Å²) < 4.78 is 0. The molecule has 0 spiro atoms. The average Bonchev–Trinajstić information content (AvgIpc) is 3.59. The Morgan fingerprint density at radius 3 is 1.17 bits per heavy atom. The van der Waals surface area contributed by atoms with E-state index in [4.69, 9.17) is 0 Å². The van der Waals surface area contributed by atoms with E-state index in [0.717, 1.165) is 0 Å². The molecule has 0 amide bonds. The van der Waals surface area contributed by atoms with Gasteiger partial charge in [-0.1, -0.05) is 139 Å². The summed E-state index contributed by atoms with van der Waals surface area (Å²) in [5.74, 6) is 0. The third-order valence-electron chi connectivity index (χ3n) is 14.5. The van der Waals surface area contributed by atoms with Gasteiger partial charge in [-0.15, -0.1) is 0 Å². The van der Waals surface area contributed by atoms with Gasteiger partial charge in [0, 0.05) is 10.8 Å². The molecule has 10 rings (SSSR count). The molecule has 0 heteroatoms. The summed E-state index contributed by atoms with van der Waals surface area (Å²) in [6, 6.07) is 49.2. The van der Waals surface area contributed by atoms with Crippen LogP contribution in [0.5, 0.6) is 0 Å². The molecule has 0 saturated heterocycles. The van der Waals surface area contributed by atoms with Crippen molar-refractivity contribution in [2.24, 2.45) is 0 Å². The van der Waals surface area contributed by atoms with E-state index in [-0.39, 0.29) is 16.2 Å². The minimum absolute atomic E-state index is 0.0457. The van der Waals surface area contributed by atoms with E-state index in [1.54, 1.807) is 0 Å². The predicted molar refractivity (Wildman–Crippen MR) is 251 cm³/mol. The predicted octanol–water partition coefficient (Wildman–Crippen LogP) is 16.1. The number of fused-ring (bicyclic) bond motifs is 8. The van der Waals surface area contributed by atoms with E-state index >= 15 is 0 Å². The number of benzene rings is 8. The molecule has 0 saturated carbocycles. The lowest BCUT2D eigenvalue weighted by atomic mass is 9.77. The van der Waals surface area contributed by atoms with Gasteiger partial charge in [-0.3, -0.25) is 0 Å². The van der Waals surface area contributed by atoms with Crippen LogP contribution in [-0.4, -0.2) is 0 Å². The van der Waals surface area contributed by atoms with Crippen LogP contribution in [0.1, 0.15) is 98.5 Å². The highest BCUT2D eigenvalue weighted by Gasteiger charge is 2.40. The zero-order valence-corrected chi connectivity index (χ0v) is 36.1. The minimum Gasteiger partial charge on any atom is -0.0579 e. The Labute approximate surface area is 345 Å². The highest BCUT2D eigenvalue weighted by molar-refractivity contribution is 5.95. The van der Waals surface area contributed by atoms with Gasteiger partial charge in [0.1, 0.15) is 0 Å². The normalized spacial score (nSPS) is 14.7. The van der Waals surface area contributed by atoms with Gasteiger partial charge in [0.05, 0.1) is 0 Å². The van der Waals surface area contributed by atoms with Crippen LogP contribution >= 0.6 is 0 Å². The lowest BCUT2D eigenvalue weighted by molar-refractivity contribution is 0.591. The van der Waals surface area contributed by atoms with Crippen LogP contribution in [0.15, 0.2) is 127 Å². The largest absolute Gasteiger partial charge is 0.0579 e. The Kier molecular flexibility index (Phi) is 7.82. The third-order valence-corrected chi connectivity index (χ3v) is 14.5. The fourth-order valence-corrected chi connectivity index (χ4v) is 10.6. The molecule has 2 aliphatic rings. The molecule has 0 unspecified atom stereocenters. The lowest BCUT2D eigenvalue weighted by Gasteiger charge is -2.26. The second kappa shape index (κ2) is 12.4. The molecule has 8 aromatic carbocycles. The Morgan fingerprint density at radius 2 is 0.707 bits per heavy atom.